The van der Waals surface area contributed by atoms with Crippen molar-refractivity contribution in [1.29, 1.82) is 0 Å². The van der Waals surface area contributed by atoms with E-state index in [0.29, 0.717) is 33.6 Å². The number of carbonyl (C=O) groups is 2. The van der Waals surface area contributed by atoms with Gasteiger partial charge in [0.05, 0.1) is 19.0 Å². The number of rotatable bonds is 5. The minimum Gasteiger partial charge on any atom is -0.497 e. The number of thiocarbonyl (C=S) groups is 1. The number of hydrogen-bond donors (Lipinski definition) is 3. The van der Waals surface area contributed by atoms with Gasteiger partial charge in [0.25, 0.3) is 5.91 Å². The summed E-state index contributed by atoms with van der Waals surface area (Å²) in [6.07, 6.45) is 1.49. The van der Waals surface area contributed by atoms with Crippen LogP contribution in [-0.2, 0) is 4.79 Å². The van der Waals surface area contributed by atoms with Crippen molar-refractivity contribution in [3.05, 3.63) is 77.3 Å². The van der Waals surface area contributed by atoms with Gasteiger partial charge >= 0.3 is 6.03 Å². The average Bonchev–Trinajstić information content (AvgIpc) is 2.85. The van der Waals surface area contributed by atoms with E-state index in [9.17, 15) is 9.59 Å². The fourth-order valence-corrected chi connectivity index (χ4v) is 3.65. The van der Waals surface area contributed by atoms with Gasteiger partial charge in [-0.2, -0.15) is 5.10 Å². The first kappa shape index (κ1) is 24.0. The fraction of sp³-hybridized carbons (Fsp3) is 0.0833. The molecule has 3 N–H and O–H groups in total. The number of hydrazone groups is 1. The van der Waals surface area contributed by atoms with Crippen molar-refractivity contribution < 1.29 is 19.1 Å². The van der Waals surface area contributed by atoms with Crippen molar-refractivity contribution >= 4 is 64.1 Å². The smallest absolute Gasteiger partial charge is 0.339 e. The standard InChI is InChI=1S/C24H20ClN5O4S/c1-33-19-4-2-3-17(11-19)28-24(35)30-20-10-9-18(12-21(20)34-14-22(30)31)27-23(32)29-26-13-15-5-7-16(25)8-6-15/h2-13H,14H2,1H3,(H,28,35)(H2,27,29,32)/b26-13+. The topological polar surface area (TPSA) is 104 Å². The molecule has 9 nitrogen and oxygen atoms in total. The molecule has 0 bridgehead atoms. The van der Waals surface area contributed by atoms with Crippen molar-refractivity contribution in [3.63, 3.8) is 0 Å². The van der Waals surface area contributed by atoms with Gasteiger partial charge in [-0.1, -0.05) is 29.8 Å². The number of urea groups is 1. The fourth-order valence-electron chi connectivity index (χ4n) is 3.21. The summed E-state index contributed by atoms with van der Waals surface area (Å²) in [4.78, 5) is 26.1. The van der Waals surface area contributed by atoms with Gasteiger partial charge in [0, 0.05) is 28.5 Å². The Balaban J connectivity index is 1.42. The lowest BCUT2D eigenvalue weighted by Gasteiger charge is -2.30. The van der Waals surface area contributed by atoms with Crippen LogP contribution in [0.4, 0.5) is 21.9 Å². The summed E-state index contributed by atoms with van der Waals surface area (Å²) in [6.45, 7) is -0.200. The Hall–Kier alpha value is -4.15. The van der Waals surface area contributed by atoms with E-state index in [1.165, 1.54) is 11.1 Å². The Morgan fingerprint density at radius 1 is 1.11 bits per heavy atom. The van der Waals surface area contributed by atoms with Crippen LogP contribution in [-0.4, -0.2) is 37.0 Å². The van der Waals surface area contributed by atoms with Crippen LogP contribution in [0.3, 0.4) is 0 Å². The second kappa shape index (κ2) is 10.9. The summed E-state index contributed by atoms with van der Waals surface area (Å²) in [5.41, 5.74) is 4.73. The molecule has 0 unspecified atom stereocenters. The van der Waals surface area contributed by atoms with Crippen molar-refractivity contribution in [3.8, 4) is 11.5 Å². The SMILES string of the molecule is COc1cccc(NC(=S)N2C(=O)COc3cc(NC(=O)N/N=C/c4ccc(Cl)cc4)ccc32)c1. The van der Waals surface area contributed by atoms with Gasteiger partial charge in [-0.05, 0) is 54.2 Å². The van der Waals surface area contributed by atoms with Gasteiger partial charge in [0.2, 0.25) is 0 Å². The van der Waals surface area contributed by atoms with Gasteiger partial charge in [0.15, 0.2) is 11.7 Å². The molecule has 3 amide bonds. The molecule has 0 saturated heterocycles. The van der Waals surface area contributed by atoms with Crippen LogP contribution in [0.5, 0.6) is 11.5 Å². The van der Waals surface area contributed by atoms with Crippen LogP contribution in [0.15, 0.2) is 71.8 Å². The zero-order chi connectivity index (χ0) is 24.8. The number of amides is 3. The second-order valence-electron chi connectivity index (χ2n) is 7.24. The zero-order valence-corrected chi connectivity index (χ0v) is 20.0. The first-order valence-electron chi connectivity index (χ1n) is 10.3. The Morgan fingerprint density at radius 3 is 2.66 bits per heavy atom. The summed E-state index contributed by atoms with van der Waals surface area (Å²) >= 11 is 11.3. The quantitative estimate of drug-likeness (QED) is 0.263. The number of nitrogens with one attached hydrogen (secondary N) is 3. The summed E-state index contributed by atoms with van der Waals surface area (Å²) in [7, 11) is 1.57. The minimum absolute atomic E-state index is 0.183. The molecule has 178 valence electrons. The number of carbonyl (C=O) groups excluding carboxylic acids is 2. The first-order chi connectivity index (χ1) is 16.9. The van der Waals surface area contributed by atoms with Gasteiger partial charge in [-0.3, -0.25) is 9.69 Å². The molecule has 0 aromatic heterocycles. The summed E-state index contributed by atoms with van der Waals surface area (Å²) in [5.74, 6) is 0.716. The van der Waals surface area contributed by atoms with E-state index < -0.39 is 6.03 Å². The number of hydrogen-bond acceptors (Lipinski definition) is 6. The molecule has 1 heterocycles. The van der Waals surface area contributed by atoms with Crippen molar-refractivity contribution in [2.24, 2.45) is 5.10 Å². The van der Waals surface area contributed by atoms with Crippen LogP contribution in [0.1, 0.15) is 5.56 Å². The molecule has 4 rings (SSSR count). The number of halogens is 1. The van der Waals surface area contributed by atoms with Crippen LogP contribution in [0, 0.1) is 0 Å². The lowest BCUT2D eigenvalue weighted by Crippen LogP contribution is -2.45. The van der Waals surface area contributed by atoms with Crippen LogP contribution in [0.25, 0.3) is 0 Å². The maximum absolute atomic E-state index is 12.6. The molecule has 0 saturated carbocycles. The van der Waals surface area contributed by atoms with E-state index in [0.717, 1.165) is 5.56 Å². The Labute approximate surface area is 211 Å². The lowest BCUT2D eigenvalue weighted by atomic mass is 10.2. The van der Waals surface area contributed by atoms with Crippen molar-refractivity contribution in [2.45, 2.75) is 0 Å². The third-order valence-electron chi connectivity index (χ3n) is 4.83. The highest BCUT2D eigenvalue weighted by Gasteiger charge is 2.29. The molecule has 0 spiro atoms. The number of anilines is 3. The average molecular weight is 510 g/mol. The van der Waals surface area contributed by atoms with Crippen LogP contribution >= 0.6 is 23.8 Å². The normalized spacial score (nSPS) is 12.5. The van der Waals surface area contributed by atoms with E-state index >= 15 is 0 Å². The van der Waals surface area contributed by atoms with Crippen molar-refractivity contribution in [2.75, 3.05) is 29.3 Å². The molecular formula is C24H20ClN5O4S. The molecule has 0 atom stereocenters. The van der Waals surface area contributed by atoms with E-state index in [4.69, 9.17) is 33.3 Å². The van der Waals surface area contributed by atoms with E-state index in [2.05, 4.69) is 21.2 Å². The number of benzene rings is 3. The highest BCUT2D eigenvalue weighted by molar-refractivity contribution is 7.80. The molecule has 35 heavy (non-hydrogen) atoms. The summed E-state index contributed by atoms with van der Waals surface area (Å²) in [5, 5.41) is 10.4. The Kier molecular flexibility index (Phi) is 7.44. The summed E-state index contributed by atoms with van der Waals surface area (Å²) < 4.78 is 10.8. The van der Waals surface area contributed by atoms with Crippen LogP contribution < -0.4 is 30.4 Å². The Bertz CT molecular complexity index is 1300. The predicted octanol–water partition coefficient (Wildman–Crippen LogP) is 4.63. The first-order valence-corrected chi connectivity index (χ1v) is 11.1. The number of nitrogens with zero attached hydrogens (tertiary/aromatic N) is 2. The largest absolute Gasteiger partial charge is 0.497 e. The van der Waals surface area contributed by atoms with Crippen molar-refractivity contribution in [1.82, 2.24) is 5.43 Å². The maximum Gasteiger partial charge on any atom is 0.339 e. The van der Waals surface area contributed by atoms with Gasteiger partial charge in [-0.15, -0.1) is 0 Å². The molecule has 0 fully saturated rings. The van der Waals surface area contributed by atoms with Crippen LogP contribution in [0.2, 0.25) is 5.02 Å². The van der Waals surface area contributed by atoms with E-state index in [-0.39, 0.29) is 17.6 Å². The zero-order valence-electron chi connectivity index (χ0n) is 18.4. The molecule has 0 radical (unpaired) electrons. The monoisotopic (exact) mass is 509 g/mol. The van der Waals surface area contributed by atoms with Gasteiger partial charge < -0.3 is 20.1 Å². The third kappa shape index (κ3) is 6.05. The molecule has 11 heteroatoms. The summed E-state index contributed by atoms with van der Waals surface area (Å²) in [6, 6.07) is 18.5. The van der Waals surface area contributed by atoms with E-state index in [1.54, 1.807) is 67.8 Å². The highest BCUT2D eigenvalue weighted by Crippen LogP contribution is 2.35. The number of ether oxygens (including phenoxy) is 2. The number of fused-ring (bicyclic) bond motifs is 1. The van der Waals surface area contributed by atoms with Gasteiger partial charge in [0.1, 0.15) is 11.5 Å². The molecule has 3 aromatic rings. The Morgan fingerprint density at radius 2 is 1.89 bits per heavy atom. The maximum atomic E-state index is 12.6. The van der Waals surface area contributed by atoms with E-state index in [1.807, 2.05) is 6.07 Å². The third-order valence-corrected chi connectivity index (χ3v) is 5.37. The predicted molar refractivity (Wildman–Crippen MR) is 140 cm³/mol. The molecule has 0 aliphatic carbocycles. The lowest BCUT2D eigenvalue weighted by molar-refractivity contribution is -0.120. The highest BCUT2D eigenvalue weighted by atomic mass is 35.5. The number of methoxy groups -OCH3 is 1. The molecule has 1 aliphatic rings. The second-order valence-corrected chi connectivity index (χ2v) is 8.06. The van der Waals surface area contributed by atoms with Gasteiger partial charge in [-0.25, -0.2) is 10.2 Å². The minimum atomic E-state index is -0.547. The molecular weight excluding hydrogens is 490 g/mol. The molecule has 1 aliphatic heterocycles. The molecule has 3 aromatic carbocycles.